The molecule has 0 aromatic carbocycles. The molecule has 0 radical (unpaired) electrons. The molecular weight excluding hydrogens is 218 g/mol. The normalized spacial score (nSPS) is 18.4. The van der Waals surface area contributed by atoms with Crippen LogP contribution in [0.15, 0.2) is 24.0 Å². The Labute approximate surface area is 107 Å². The summed E-state index contributed by atoms with van der Waals surface area (Å²) in [4.78, 5) is 1.60. The third-order valence-electron chi connectivity index (χ3n) is 3.08. The van der Waals surface area contributed by atoms with Gasteiger partial charge >= 0.3 is 0 Å². The molecule has 0 amide bonds. The number of hydrogen-bond donors (Lipinski definition) is 1. The van der Waals surface area contributed by atoms with Crippen LogP contribution < -0.4 is 17.3 Å². The van der Waals surface area contributed by atoms with E-state index in [1.807, 2.05) is 0 Å². The van der Waals surface area contributed by atoms with E-state index < -0.39 is 0 Å². The first-order chi connectivity index (χ1) is 7.38. The van der Waals surface area contributed by atoms with E-state index in [1.165, 1.54) is 51.5 Å². The molecule has 0 aliphatic carbocycles. The molecule has 0 spiro atoms. The van der Waals surface area contributed by atoms with Gasteiger partial charge in [-0.3, -0.25) is 4.90 Å². The van der Waals surface area contributed by atoms with Crippen LogP contribution in [0.5, 0.6) is 0 Å². The van der Waals surface area contributed by atoms with Crippen molar-refractivity contribution in [3.63, 3.8) is 0 Å². The molecule has 0 bridgehead atoms. The summed E-state index contributed by atoms with van der Waals surface area (Å²) in [7, 11) is 0. The molecule has 0 aromatic rings. The summed E-state index contributed by atoms with van der Waals surface area (Å²) in [5.41, 5.74) is 1.59. The molecule has 1 aliphatic heterocycles. The largest absolute Gasteiger partial charge is 1.00 e. The Hall–Kier alpha value is -0.270. The van der Waals surface area contributed by atoms with Gasteiger partial charge in [0.15, 0.2) is 0 Å². The molecular formula is C14H26ClN. The van der Waals surface area contributed by atoms with Gasteiger partial charge < -0.3 is 12.4 Å². The quantitative estimate of drug-likeness (QED) is 0.575. The van der Waals surface area contributed by atoms with Crippen molar-refractivity contribution < 1.29 is 17.3 Å². The van der Waals surface area contributed by atoms with E-state index in [2.05, 4.69) is 32.2 Å². The van der Waals surface area contributed by atoms with Crippen molar-refractivity contribution in [3.8, 4) is 0 Å². The predicted octanol–water partition coefficient (Wildman–Crippen LogP) is 0.0570. The van der Waals surface area contributed by atoms with Gasteiger partial charge in [0.25, 0.3) is 0 Å². The minimum atomic E-state index is 0. The molecule has 16 heavy (non-hydrogen) atoms. The summed E-state index contributed by atoms with van der Waals surface area (Å²) in [5.74, 6) is 0. The number of unbranched alkanes of at least 4 members (excludes halogenated alkanes) is 4. The molecule has 0 saturated carbocycles. The topological polar surface area (TPSA) is 4.44 Å². The highest BCUT2D eigenvalue weighted by Gasteiger charge is 2.14. The maximum absolute atomic E-state index is 2.31. The summed E-state index contributed by atoms with van der Waals surface area (Å²) < 4.78 is 0. The minimum Gasteiger partial charge on any atom is -1.00 e. The van der Waals surface area contributed by atoms with E-state index in [0.29, 0.717) is 0 Å². The number of nitrogens with one attached hydrogen (secondary N) is 1. The first-order valence-electron chi connectivity index (χ1n) is 6.62. The Morgan fingerprint density at radius 1 is 1.00 bits per heavy atom. The standard InChI is InChI=1S/C14H25N.ClH/c1-3-5-6-7-8-12-15-13-9-11-14(15)10-4-2;/h9,11,13H,3-8,10,12H2,1-2H3;1H. The van der Waals surface area contributed by atoms with Crippen LogP contribution in [0.1, 0.15) is 58.8 Å². The lowest BCUT2D eigenvalue weighted by molar-refractivity contribution is -0.804. The van der Waals surface area contributed by atoms with Gasteiger partial charge in [-0.15, -0.1) is 0 Å². The van der Waals surface area contributed by atoms with Crippen molar-refractivity contribution in [2.75, 3.05) is 6.54 Å². The van der Waals surface area contributed by atoms with Crippen molar-refractivity contribution in [1.82, 2.24) is 0 Å². The van der Waals surface area contributed by atoms with Gasteiger partial charge in [-0.05, 0) is 25.3 Å². The zero-order valence-corrected chi connectivity index (χ0v) is 11.5. The van der Waals surface area contributed by atoms with Gasteiger partial charge in [-0.25, -0.2) is 0 Å². The van der Waals surface area contributed by atoms with Crippen LogP contribution in [0.3, 0.4) is 0 Å². The molecule has 94 valence electrons. The van der Waals surface area contributed by atoms with E-state index in [-0.39, 0.29) is 12.4 Å². The van der Waals surface area contributed by atoms with Crippen LogP contribution in [-0.2, 0) is 0 Å². The summed E-state index contributed by atoms with van der Waals surface area (Å²) in [6, 6.07) is 0. The number of halogens is 1. The SMILES string of the molecule is CCCCCCC[NH+]1C=CC=C1CCC.[Cl-]. The maximum atomic E-state index is 2.31. The molecule has 1 unspecified atom stereocenters. The van der Waals surface area contributed by atoms with Crippen molar-refractivity contribution in [1.29, 1.82) is 0 Å². The van der Waals surface area contributed by atoms with E-state index in [9.17, 15) is 0 Å². The molecule has 1 N–H and O–H groups in total. The zero-order valence-electron chi connectivity index (χ0n) is 10.8. The van der Waals surface area contributed by atoms with Crippen LogP contribution in [-0.4, -0.2) is 6.54 Å². The highest BCUT2D eigenvalue weighted by atomic mass is 35.5. The molecule has 0 aromatic heterocycles. The molecule has 0 saturated heterocycles. The fraction of sp³-hybridized carbons (Fsp3) is 0.714. The highest BCUT2D eigenvalue weighted by Crippen LogP contribution is 2.04. The van der Waals surface area contributed by atoms with Gasteiger partial charge in [0.05, 0.1) is 12.7 Å². The number of rotatable bonds is 8. The third kappa shape index (κ3) is 5.72. The van der Waals surface area contributed by atoms with Crippen molar-refractivity contribution >= 4 is 0 Å². The van der Waals surface area contributed by atoms with Crippen LogP contribution >= 0.6 is 0 Å². The second kappa shape index (κ2) is 9.92. The van der Waals surface area contributed by atoms with Crippen LogP contribution in [0.2, 0.25) is 0 Å². The lowest BCUT2D eigenvalue weighted by Gasteiger charge is -2.13. The van der Waals surface area contributed by atoms with Crippen LogP contribution in [0.4, 0.5) is 0 Å². The first-order valence-corrected chi connectivity index (χ1v) is 6.62. The Morgan fingerprint density at radius 2 is 1.75 bits per heavy atom. The van der Waals surface area contributed by atoms with Gasteiger partial charge in [-0.2, -0.15) is 0 Å². The van der Waals surface area contributed by atoms with Crippen molar-refractivity contribution in [2.24, 2.45) is 0 Å². The Morgan fingerprint density at radius 3 is 2.44 bits per heavy atom. The monoisotopic (exact) mass is 243 g/mol. The molecule has 1 atom stereocenters. The van der Waals surface area contributed by atoms with Gasteiger partial charge in [-0.1, -0.05) is 33.1 Å². The Bertz CT molecular complexity index is 221. The smallest absolute Gasteiger partial charge is 0.112 e. The van der Waals surface area contributed by atoms with Gasteiger partial charge in [0.1, 0.15) is 5.70 Å². The van der Waals surface area contributed by atoms with E-state index >= 15 is 0 Å². The van der Waals surface area contributed by atoms with Gasteiger partial charge in [0, 0.05) is 12.5 Å². The van der Waals surface area contributed by atoms with E-state index in [0.717, 1.165) is 0 Å². The Balaban J connectivity index is 0.00000225. The summed E-state index contributed by atoms with van der Waals surface area (Å²) in [6.45, 7) is 5.83. The summed E-state index contributed by atoms with van der Waals surface area (Å²) in [5, 5.41) is 0. The number of quaternary nitrogens is 1. The number of hydrogen-bond acceptors (Lipinski definition) is 0. The lowest BCUT2D eigenvalue weighted by atomic mass is 10.1. The number of allylic oxidation sites excluding steroid dienone is 3. The fourth-order valence-corrected chi connectivity index (χ4v) is 2.17. The molecule has 1 nitrogen and oxygen atoms in total. The van der Waals surface area contributed by atoms with E-state index in [1.54, 1.807) is 10.6 Å². The predicted molar refractivity (Wildman–Crippen MR) is 66.7 cm³/mol. The first kappa shape index (κ1) is 15.7. The second-order valence-corrected chi connectivity index (χ2v) is 4.49. The molecule has 1 heterocycles. The second-order valence-electron chi connectivity index (χ2n) is 4.49. The van der Waals surface area contributed by atoms with E-state index in [4.69, 9.17) is 0 Å². The summed E-state index contributed by atoms with van der Waals surface area (Å²) >= 11 is 0. The third-order valence-corrected chi connectivity index (χ3v) is 3.08. The average Bonchev–Trinajstić information content (AvgIpc) is 2.66. The molecule has 0 fully saturated rings. The lowest BCUT2D eigenvalue weighted by Crippen LogP contribution is -3.04. The summed E-state index contributed by atoms with van der Waals surface area (Å²) in [6.07, 6.45) is 16.3. The van der Waals surface area contributed by atoms with Gasteiger partial charge in [0.2, 0.25) is 0 Å². The van der Waals surface area contributed by atoms with Crippen LogP contribution in [0.25, 0.3) is 0 Å². The molecule has 1 aliphatic rings. The zero-order chi connectivity index (χ0) is 10.9. The fourth-order valence-electron chi connectivity index (χ4n) is 2.17. The average molecular weight is 244 g/mol. The highest BCUT2D eigenvalue weighted by molar-refractivity contribution is 5.10. The van der Waals surface area contributed by atoms with Crippen LogP contribution in [0, 0.1) is 0 Å². The van der Waals surface area contributed by atoms with Crippen molar-refractivity contribution in [2.45, 2.75) is 58.8 Å². The maximum Gasteiger partial charge on any atom is 0.112 e. The molecule has 1 rings (SSSR count). The van der Waals surface area contributed by atoms with Crippen molar-refractivity contribution in [3.05, 3.63) is 24.0 Å². The molecule has 2 heteroatoms. The minimum absolute atomic E-state index is 0. The Kier molecular flexibility index (Phi) is 9.75.